The molecular formula is C5H4N6O. The van der Waals surface area contributed by atoms with Crippen LogP contribution in [0.25, 0.3) is 0 Å². The summed E-state index contributed by atoms with van der Waals surface area (Å²) in [5.41, 5.74) is 0. The van der Waals surface area contributed by atoms with Crippen molar-refractivity contribution in [3.8, 4) is 0 Å². The molecule has 2 aromatic heterocycles. The molecule has 0 atom stereocenters. The zero-order valence-electron chi connectivity index (χ0n) is 5.85. The van der Waals surface area contributed by atoms with E-state index in [0.29, 0.717) is 0 Å². The van der Waals surface area contributed by atoms with Crippen LogP contribution < -0.4 is 0 Å². The van der Waals surface area contributed by atoms with E-state index in [4.69, 9.17) is 0 Å². The van der Waals surface area contributed by atoms with Crippen molar-refractivity contribution in [3.05, 3.63) is 24.3 Å². The van der Waals surface area contributed by atoms with Crippen molar-refractivity contribution < 1.29 is 4.79 Å². The maximum atomic E-state index is 11.3. The minimum Gasteiger partial charge on any atom is -0.281 e. The monoisotopic (exact) mass is 164 g/mol. The molecule has 2 heterocycles. The van der Waals surface area contributed by atoms with Gasteiger partial charge in [-0.05, 0) is 0 Å². The van der Waals surface area contributed by atoms with Crippen molar-refractivity contribution in [3.63, 3.8) is 0 Å². The normalized spacial score (nSPS) is 10.0. The van der Waals surface area contributed by atoms with E-state index >= 15 is 0 Å². The molecule has 2 aromatic rings. The van der Waals surface area contributed by atoms with Gasteiger partial charge in [0.2, 0.25) is 11.6 Å². The average Bonchev–Trinajstić information content (AvgIpc) is 2.77. The summed E-state index contributed by atoms with van der Waals surface area (Å²) in [7, 11) is 0. The maximum absolute atomic E-state index is 11.3. The number of carbonyl (C=O) groups is 1. The number of hydrogen-bond acceptors (Lipinski definition) is 5. The third-order valence-electron chi connectivity index (χ3n) is 1.24. The molecule has 0 bridgehead atoms. The molecule has 0 unspecified atom stereocenters. The van der Waals surface area contributed by atoms with Gasteiger partial charge in [-0.15, -0.1) is 10.2 Å². The number of nitrogens with one attached hydrogen (secondary N) is 2. The van der Waals surface area contributed by atoms with Gasteiger partial charge < -0.3 is 0 Å². The summed E-state index contributed by atoms with van der Waals surface area (Å²) in [6.07, 6.45) is 2.64. The predicted molar refractivity (Wildman–Crippen MR) is 36.2 cm³/mol. The molecule has 0 saturated heterocycles. The number of rotatable bonds is 2. The molecule has 7 heteroatoms. The fraction of sp³-hybridized carbons (Fsp3) is 0. The number of nitrogens with zero attached hydrogens (tertiary/aromatic N) is 4. The summed E-state index contributed by atoms with van der Waals surface area (Å²) >= 11 is 0. The Morgan fingerprint density at radius 3 is 1.92 bits per heavy atom. The van der Waals surface area contributed by atoms with E-state index < -0.39 is 5.78 Å². The first-order valence-corrected chi connectivity index (χ1v) is 3.14. The lowest BCUT2D eigenvalue weighted by Crippen LogP contribution is -2.05. The molecule has 12 heavy (non-hydrogen) atoms. The molecule has 0 fully saturated rings. The number of aromatic amines is 2. The second-order valence-electron chi connectivity index (χ2n) is 1.97. The SMILES string of the molecule is O=C(c1nc[nH]n1)c1nc[nH]n1. The number of aromatic nitrogens is 6. The molecule has 0 aliphatic carbocycles. The summed E-state index contributed by atoms with van der Waals surface area (Å²) < 4.78 is 0. The van der Waals surface area contributed by atoms with Crippen LogP contribution in [0, 0.1) is 0 Å². The fourth-order valence-electron chi connectivity index (χ4n) is 0.737. The lowest BCUT2D eigenvalue weighted by molar-refractivity contribution is 0.102. The van der Waals surface area contributed by atoms with Crippen molar-refractivity contribution in [2.45, 2.75) is 0 Å². The highest BCUT2D eigenvalue weighted by Crippen LogP contribution is 1.95. The Morgan fingerprint density at radius 2 is 1.58 bits per heavy atom. The Kier molecular flexibility index (Phi) is 1.40. The van der Waals surface area contributed by atoms with Gasteiger partial charge in [0.05, 0.1) is 0 Å². The zero-order chi connectivity index (χ0) is 8.39. The Labute approximate surface area is 66.2 Å². The molecule has 0 spiro atoms. The van der Waals surface area contributed by atoms with Gasteiger partial charge in [0.15, 0.2) is 0 Å². The minimum absolute atomic E-state index is 0.0644. The van der Waals surface area contributed by atoms with E-state index in [2.05, 4.69) is 30.4 Å². The molecule has 0 saturated carbocycles. The summed E-state index contributed by atoms with van der Waals surface area (Å²) in [4.78, 5) is 18.6. The van der Waals surface area contributed by atoms with Gasteiger partial charge in [0, 0.05) is 0 Å². The molecule has 0 amide bonds. The molecule has 0 aliphatic rings. The summed E-state index contributed by atoms with van der Waals surface area (Å²) in [5, 5.41) is 12.0. The Balaban J connectivity index is 2.34. The maximum Gasteiger partial charge on any atom is 0.271 e. The van der Waals surface area contributed by atoms with E-state index in [1.807, 2.05) is 0 Å². The Bertz CT molecular complexity index is 326. The summed E-state index contributed by atoms with van der Waals surface area (Å²) in [6, 6.07) is 0. The molecular weight excluding hydrogens is 160 g/mol. The molecule has 0 radical (unpaired) electrons. The molecule has 2 N–H and O–H groups in total. The summed E-state index contributed by atoms with van der Waals surface area (Å²) in [5.74, 6) is -0.276. The van der Waals surface area contributed by atoms with Gasteiger partial charge in [0.1, 0.15) is 12.7 Å². The zero-order valence-corrected chi connectivity index (χ0v) is 5.85. The Hall–Kier alpha value is -2.05. The number of carbonyl (C=O) groups excluding carboxylic acids is 1. The lowest BCUT2D eigenvalue weighted by Gasteiger charge is -1.84. The second kappa shape index (κ2) is 2.53. The second-order valence-corrected chi connectivity index (χ2v) is 1.97. The van der Waals surface area contributed by atoms with Crippen LogP contribution in [0.2, 0.25) is 0 Å². The molecule has 2 rings (SSSR count). The van der Waals surface area contributed by atoms with Crippen LogP contribution >= 0.6 is 0 Å². The van der Waals surface area contributed by atoms with E-state index in [9.17, 15) is 4.79 Å². The minimum atomic E-state index is -0.405. The van der Waals surface area contributed by atoms with Crippen LogP contribution in [0.5, 0.6) is 0 Å². The standard InChI is InChI=1S/C5H4N6O/c12-3(4-6-1-8-10-4)5-7-2-9-11-5/h1-2H,(H,6,8,10)(H,7,9,11). The number of H-pyrrole nitrogens is 2. The lowest BCUT2D eigenvalue weighted by atomic mass is 10.4. The first-order chi connectivity index (χ1) is 5.88. The van der Waals surface area contributed by atoms with E-state index in [0.717, 1.165) is 0 Å². The smallest absolute Gasteiger partial charge is 0.271 e. The highest BCUT2D eigenvalue weighted by Gasteiger charge is 2.15. The first-order valence-electron chi connectivity index (χ1n) is 3.14. The van der Waals surface area contributed by atoms with Gasteiger partial charge in [-0.1, -0.05) is 0 Å². The van der Waals surface area contributed by atoms with Crippen LogP contribution in [-0.4, -0.2) is 36.1 Å². The van der Waals surface area contributed by atoms with Crippen LogP contribution in [-0.2, 0) is 0 Å². The van der Waals surface area contributed by atoms with Crippen LogP contribution in [0.3, 0.4) is 0 Å². The van der Waals surface area contributed by atoms with Gasteiger partial charge in [-0.3, -0.25) is 15.0 Å². The van der Waals surface area contributed by atoms with Crippen LogP contribution in [0.4, 0.5) is 0 Å². The fourth-order valence-corrected chi connectivity index (χ4v) is 0.737. The van der Waals surface area contributed by atoms with Gasteiger partial charge in [0.25, 0.3) is 5.78 Å². The molecule has 0 aromatic carbocycles. The van der Waals surface area contributed by atoms with Crippen molar-refractivity contribution in [2.75, 3.05) is 0 Å². The third kappa shape index (κ3) is 0.965. The topological polar surface area (TPSA) is 100 Å². The van der Waals surface area contributed by atoms with E-state index in [1.54, 1.807) is 0 Å². The van der Waals surface area contributed by atoms with E-state index in [1.165, 1.54) is 12.7 Å². The quantitative estimate of drug-likeness (QED) is 0.563. The van der Waals surface area contributed by atoms with Gasteiger partial charge in [-0.25, -0.2) is 9.97 Å². The van der Waals surface area contributed by atoms with Crippen molar-refractivity contribution >= 4 is 5.78 Å². The molecule has 7 nitrogen and oxygen atoms in total. The largest absolute Gasteiger partial charge is 0.281 e. The third-order valence-corrected chi connectivity index (χ3v) is 1.24. The van der Waals surface area contributed by atoms with E-state index in [-0.39, 0.29) is 11.6 Å². The molecule has 60 valence electrons. The summed E-state index contributed by atoms with van der Waals surface area (Å²) in [6.45, 7) is 0. The Morgan fingerprint density at radius 1 is 1.08 bits per heavy atom. The molecule has 0 aliphatic heterocycles. The van der Waals surface area contributed by atoms with Crippen molar-refractivity contribution in [1.82, 2.24) is 30.4 Å². The first kappa shape index (κ1) is 6.65. The number of ketones is 1. The van der Waals surface area contributed by atoms with Crippen molar-refractivity contribution in [1.29, 1.82) is 0 Å². The van der Waals surface area contributed by atoms with Crippen LogP contribution in [0.1, 0.15) is 16.4 Å². The van der Waals surface area contributed by atoms with Gasteiger partial charge in [-0.2, -0.15) is 0 Å². The highest BCUT2D eigenvalue weighted by atomic mass is 16.1. The van der Waals surface area contributed by atoms with Gasteiger partial charge >= 0.3 is 0 Å². The van der Waals surface area contributed by atoms with Crippen molar-refractivity contribution in [2.24, 2.45) is 0 Å². The highest BCUT2D eigenvalue weighted by molar-refractivity contribution is 6.03. The van der Waals surface area contributed by atoms with Crippen LogP contribution in [0.15, 0.2) is 12.7 Å². The number of hydrogen-bond donors (Lipinski definition) is 2. The predicted octanol–water partition coefficient (Wildman–Crippen LogP) is -0.846. The average molecular weight is 164 g/mol.